The number of halogens is 5. The van der Waals surface area contributed by atoms with Gasteiger partial charge in [-0.25, -0.2) is 9.97 Å². The number of methoxy groups -OCH3 is 2. The molecule has 6 rings (SSSR count). The maximum absolute atomic E-state index is 5.88. The molecule has 3 N–H and O–H groups in total. The Labute approximate surface area is 319 Å². The van der Waals surface area contributed by atoms with Crippen LogP contribution in [-0.4, -0.2) is 24.2 Å². The molecule has 0 bridgehead atoms. The lowest BCUT2D eigenvalue weighted by Crippen LogP contribution is -2.02. The van der Waals surface area contributed by atoms with Crippen molar-refractivity contribution < 1.29 is 9.47 Å². The van der Waals surface area contributed by atoms with Gasteiger partial charge in [0.1, 0.15) is 22.5 Å². The molecular formula is C35H33Br2ClI2N4O2. The number of nitrogens with one attached hydrogen (secondary N) is 1. The third kappa shape index (κ3) is 11.2. The van der Waals surface area contributed by atoms with Gasteiger partial charge in [-0.2, -0.15) is 0 Å². The largest absolute Gasteiger partial charge is 0.497 e. The van der Waals surface area contributed by atoms with E-state index in [1.165, 1.54) is 9.13 Å². The second kappa shape index (κ2) is 18.9. The SMILES string of the molecule is C.COc1ccc(CN)cc1.COc1ccc(CNc2nc3cc(I)ccc3cc2Br)cc1.Clc1nc2cc(I)ccc2cc1Br. The van der Waals surface area contributed by atoms with Crippen molar-refractivity contribution in [2.24, 2.45) is 5.73 Å². The number of rotatable bonds is 6. The fourth-order valence-corrected chi connectivity index (χ4v) is 5.93. The van der Waals surface area contributed by atoms with Crippen molar-refractivity contribution in [3.8, 4) is 11.5 Å². The molecule has 46 heavy (non-hydrogen) atoms. The zero-order valence-electron chi connectivity index (χ0n) is 24.3. The summed E-state index contributed by atoms with van der Waals surface area (Å²) < 4.78 is 14.3. The van der Waals surface area contributed by atoms with Gasteiger partial charge in [0.2, 0.25) is 0 Å². The quantitative estimate of drug-likeness (QED) is 0.128. The topological polar surface area (TPSA) is 82.3 Å². The lowest BCUT2D eigenvalue weighted by Gasteiger charge is -2.10. The number of benzene rings is 4. The molecular weight excluding hydrogens is 957 g/mol. The normalized spacial score (nSPS) is 10.2. The first-order valence-corrected chi connectivity index (χ1v) is 17.7. The van der Waals surface area contributed by atoms with Crippen molar-refractivity contribution in [3.05, 3.63) is 129 Å². The minimum Gasteiger partial charge on any atom is -0.497 e. The van der Waals surface area contributed by atoms with Crippen molar-refractivity contribution in [2.75, 3.05) is 19.5 Å². The molecule has 0 saturated carbocycles. The second-order valence-electron chi connectivity index (χ2n) is 9.51. The zero-order valence-corrected chi connectivity index (χ0v) is 32.6. The molecule has 2 heterocycles. The van der Waals surface area contributed by atoms with E-state index >= 15 is 0 Å². The predicted octanol–water partition coefficient (Wildman–Crippen LogP) is 11.3. The number of nitrogens with two attached hydrogens (primary N) is 1. The van der Waals surface area contributed by atoms with Crippen LogP contribution < -0.4 is 20.5 Å². The lowest BCUT2D eigenvalue weighted by atomic mass is 10.2. The maximum Gasteiger partial charge on any atom is 0.143 e. The van der Waals surface area contributed by atoms with Gasteiger partial charge in [0.05, 0.1) is 34.2 Å². The molecule has 6 aromatic rings. The first-order valence-electron chi connectivity index (χ1n) is 13.6. The smallest absolute Gasteiger partial charge is 0.143 e. The Morgan fingerprint density at radius 3 is 1.67 bits per heavy atom. The van der Waals surface area contributed by atoms with E-state index in [4.69, 9.17) is 31.8 Å². The Morgan fingerprint density at radius 1 is 0.696 bits per heavy atom. The molecule has 0 aliphatic rings. The fraction of sp³-hybridized carbons (Fsp3) is 0.143. The van der Waals surface area contributed by atoms with Crippen LogP contribution in [0.2, 0.25) is 5.15 Å². The molecule has 0 radical (unpaired) electrons. The van der Waals surface area contributed by atoms with Crippen molar-refractivity contribution in [3.63, 3.8) is 0 Å². The van der Waals surface area contributed by atoms with E-state index in [9.17, 15) is 0 Å². The van der Waals surface area contributed by atoms with Crippen LogP contribution in [0.15, 0.2) is 106 Å². The Balaban J connectivity index is 0.000000204. The molecule has 11 heteroatoms. The average molecular weight is 991 g/mol. The standard InChI is InChI=1S/C17H14BrIN2O.C9H4BrClIN.C8H11NO.CH4/c1-22-14-6-2-11(3-7-14)10-20-17-15(18)8-12-4-5-13(19)9-16(12)21-17;10-7-3-5-1-2-6(12)4-8(5)13-9(7)11;1-10-8-4-2-7(6-9)3-5-8;/h2-9H,10H2,1H3,(H,20,21);1-4H;2-5H,6,9H2,1H3;1H4. The highest BCUT2D eigenvalue weighted by atomic mass is 127. The highest BCUT2D eigenvalue weighted by Gasteiger charge is 2.06. The Kier molecular flexibility index (Phi) is 15.7. The summed E-state index contributed by atoms with van der Waals surface area (Å²) in [5.41, 5.74) is 9.63. The number of aromatic nitrogens is 2. The summed E-state index contributed by atoms with van der Waals surface area (Å²) >= 11 is 17.4. The summed E-state index contributed by atoms with van der Waals surface area (Å²) in [6, 6.07) is 32.1. The van der Waals surface area contributed by atoms with Gasteiger partial charge in [-0.05, 0) is 149 Å². The Hall–Kier alpha value is -2.23. The van der Waals surface area contributed by atoms with Crippen LogP contribution in [0, 0.1) is 7.14 Å². The summed E-state index contributed by atoms with van der Waals surface area (Å²) in [6.07, 6.45) is 0. The van der Waals surface area contributed by atoms with Crippen molar-refractivity contribution in [2.45, 2.75) is 20.5 Å². The van der Waals surface area contributed by atoms with E-state index in [1.54, 1.807) is 14.2 Å². The van der Waals surface area contributed by atoms with Gasteiger partial charge in [0.15, 0.2) is 0 Å². The first kappa shape index (κ1) is 38.2. The third-order valence-corrected chi connectivity index (χ3v) is 9.50. The molecule has 0 amide bonds. The van der Waals surface area contributed by atoms with E-state index < -0.39 is 0 Å². The third-order valence-electron chi connectivity index (χ3n) is 6.44. The molecule has 0 atom stereocenters. The molecule has 0 saturated heterocycles. The summed E-state index contributed by atoms with van der Waals surface area (Å²) in [5.74, 6) is 2.59. The van der Waals surface area contributed by atoms with Gasteiger partial charge in [-0.15, -0.1) is 0 Å². The maximum atomic E-state index is 5.88. The highest BCUT2D eigenvalue weighted by Crippen LogP contribution is 2.28. The molecule has 0 fully saturated rings. The number of pyridine rings is 2. The van der Waals surface area contributed by atoms with Gasteiger partial charge in [-0.1, -0.05) is 55.4 Å². The molecule has 0 spiro atoms. The van der Waals surface area contributed by atoms with Crippen LogP contribution in [0.25, 0.3) is 21.8 Å². The van der Waals surface area contributed by atoms with E-state index in [0.717, 1.165) is 57.2 Å². The number of fused-ring (bicyclic) bond motifs is 2. The summed E-state index contributed by atoms with van der Waals surface area (Å²) in [5, 5.41) is 6.11. The summed E-state index contributed by atoms with van der Waals surface area (Å²) in [4.78, 5) is 8.95. The summed E-state index contributed by atoms with van der Waals surface area (Å²) in [7, 11) is 3.32. The monoisotopic (exact) mass is 988 g/mol. The summed E-state index contributed by atoms with van der Waals surface area (Å²) in [6.45, 7) is 1.30. The molecule has 0 unspecified atom stereocenters. The predicted molar refractivity (Wildman–Crippen MR) is 217 cm³/mol. The molecule has 0 aliphatic heterocycles. The average Bonchev–Trinajstić information content (AvgIpc) is 3.05. The van der Waals surface area contributed by atoms with Gasteiger partial charge < -0.3 is 20.5 Å². The van der Waals surface area contributed by atoms with Gasteiger partial charge in [-0.3, -0.25) is 0 Å². The minimum absolute atomic E-state index is 0. The fourth-order valence-electron chi connectivity index (χ4n) is 4.02. The van der Waals surface area contributed by atoms with Crippen LogP contribution in [0.4, 0.5) is 5.82 Å². The molecule has 0 aliphatic carbocycles. The van der Waals surface area contributed by atoms with Crippen LogP contribution in [0.3, 0.4) is 0 Å². The van der Waals surface area contributed by atoms with Crippen LogP contribution in [0.5, 0.6) is 11.5 Å². The van der Waals surface area contributed by atoms with Gasteiger partial charge in [0.25, 0.3) is 0 Å². The Bertz CT molecular complexity index is 1860. The van der Waals surface area contributed by atoms with Crippen molar-refractivity contribution >= 4 is 116 Å². The van der Waals surface area contributed by atoms with Crippen LogP contribution in [0.1, 0.15) is 18.6 Å². The second-order valence-corrected chi connectivity index (χ2v) is 14.1. The van der Waals surface area contributed by atoms with Gasteiger partial charge in [0, 0.05) is 31.0 Å². The molecule has 6 nitrogen and oxygen atoms in total. The number of hydrogen-bond donors (Lipinski definition) is 2. The minimum atomic E-state index is 0. The van der Waals surface area contributed by atoms with E-state index in [2.05, 4.69) is 112 Å². The first-order chi connectivity index (χ1) is 21.7. The number of ether oxygens (including phenoxy) is 2. The van der Waals surface area contributed by atoms with E-state index in [0.29, 0.717) is 18.2 Å². The molecule has 2 aromatic heterocycles. The van der Waals surface area contributed by atoms with E-state index in [1.807, 2.05) is 72.8 Å². The lowest BCUT2D eigenvalue weighted by molar-refractivity contribution is 0.414. The van der Waals surface area contributed by atoms with Crippen LogP contribution in [-0.2, 0) is 13.1 Å². The molecule has 4 aromatic carbocycles. The van der Waals surface area contributed by atoms with E-state index in [-0.39, 0.29) is 7.43 Å². The highest BCUT2D eigenvalue weighted by molar-refractivity contribution is 14.1. The number of nitrogens with zero attached hydrogens (tertiary/aromatic N) is 2. The number of hydrogen-bond acceptors (Lipinski definition) is 6. The van der Waals surface area contributed by atoms with Crippen LogP contribution >= 0.6 is 88.6 Å². The van der Waals surface area contributed by atoms with Crippen molar-refractivity contribution in [1.29, 1.82) is 0 Å². The van der Waals surface area contributed by atoms with Gasteiger partial charge >= 0.3 is 0 Å². The zero-order chi connectivity index (χ0) is 32.3. The Morgan fingerprint density at radius 2 is 1.17 bits per heavy atom. The van der Waals surface area contributed by atoms with Crippen molar-refractivity contribution in [1.82, 2.24) is 9.97 Å². The number of anilines is 1. The molecule has 240 valence electrons.